The average molecular weight is 340 g/mol. The number of carbonyl (C=O) groups is 2. The summed E-state index contributed by atoms with van der Waals surface area (Å²) in [5.74, 6) is 0.0105. The molecule has 7 nitrogen and oxygen atoms in total. The van der Waals surface area contributed by atoms with Crippen LogP contribution in [0.15, 0.2) is 30.3 Å². The number of nitrogens with zero attached hydrogens (tertiary/aromatic N) is 1. The number of ether oxygens (including phenoxy) is 1. The molecule has 3 rings (SSSR count). The molecule has 1 aromatic rings. The second-order valence-electron chi connectivity index (χ2n) is 5.88. The maximum atomic E-state index is 12.0. The van der Waals surface area contributed by atoms with Gasteiger partial charge in [-0.1, -0.05) is 18.2 Å². The molecule has 0 aromatic heterocycles. The van der Waals surface area contributed by atoms with Crippen LogP contribution in [0.4, 0.5) is 0 Å². The van der Waals surface area contributed by atoms with E-state index < -0.39 is 17.0 Å². The second kappa shape index (κ2) is 6.38. The second-order valence-corrected chi connectivity index (χ2v) is 7.65. The number of amides is 2. The van der Waals surface area contributed by atoms with Crippen LogP contribution < -0.4 is 10.1 Å². The Kier molecular flexibility index (Phi) is 4.88. The van der Waals surface area contributed by atoms with Gasteiger partial charge in [-0.2, -0.15) is 0 Å². The van der Waals surface area contributed by atoms with Crippen LogP contribution in [0.2, 0.25) is 0 Å². The summed E-state index contributed by atoms with van der Waals surface area (Å²) < 4.78 is 4.92. The van der Waals surface area contributed by atoms with Crippen molar-refractivity contribution < 1.29 is 24.9 Å². The van der Waals surface area contributed by atoms with Gasteiger partial charge in [0.25, 0.3) is 11.8 Å². The van der Waals surface area contributed by atoms with Crippen molar-refractivity contribution in [2.75, 3.05) is 6.61 Å². The molecule has 3 atom stereocenters. The molecule has 2 fully saturated rings. The molecule has 0 aliphatic carbocycles. The average Bonchev–Trinajstić information content (AvgIpc) is 2.71. The Hall–Kier alpha value is -1.77. The molecule has 0 radical (unpaired) electrons. The predicted octanol–water partition coefficient (Wildman–Crippen LogP) is -0.262. The molecular formula is C15H20N2O5S. The van der Waals surface area contributed by atoms with Crippen LogP contribution >= 0.6 is 11.8 Å². The molecule has 2 heterocycles. The van der Waals surface area contributed by atoms with Gasteiger partial charge in [0.2, 0.25) is 0 Å². The van der Waals surface area contributed by atoms with Gasteiger partial charge >= 0.3 is 0 Å². The SMILES string of the molecule is CC1(C)S[C@@H]2C(NC(=O)COc3ccccc3)C(=O)N2C1O.O. The van der Waals surface area contributed by atoms with Crippen LogP contribution in [0.3, 0.4) is 0 Å². The van der Waals surface area contributed by atoms with E-state index in [-0.39, 0.29) is 29.3 Å². The molecule has 23 heavy (non-hydrogen) atoms. The van der Waals surface area contributed by atoms with Gasteiger partial charge in [-0.05, 0) is 26.0 Å². The molecule has 0 saturated carbocycles. The monoisotopic (exact) mass is 340 g/mol. The smallest absolute Gasteiger partial charge is 0.258 e. The standard InChI is InChI=1S/C15H18N2O4S.H2O/c1-15(2)14(20)17-12(19)11(13(17)22-15)16-10(18)8-21-9-6-4-3-5-7-9;/h3-7,11,13-14,20H,8H2,1-2H3,(H,16,18);1H2/t11?,13-,14?;/m1./s1. The fourth-order valence-corrected chi connectivity index (χ4v) is 4.10. The first-order chi connectivity index (χ1) is 10.4. The first kappa shape index (κ1) is 17.6. The Morgan fingerprint density at radius 2 is 2.04 bits per heavy atom. The van der Waals surface area contributed by atoms with Crippen LogP contribution in [0.5, 0.6) is 5.75 Å². The summed E-state index contributed by atoms with van der Waals surface area (Å²) >= 11 is 1.49. The Balaban J connectivity index is 0.00000192. The molecule has 2 aliphatic rings. The maximum Gasteiger partial charge on any atom is 0.258 e. The molecule has 2 aliphatic heterocycles. The fraction of sp³-hybridized carbons (Fsp3) is 0.467. The van der Waals surface area contributed by atoms with Gasteiger partial charge in [-0.15, -0.1) is 11.8 Å². The van der Waals surface area contributed by atoms with Gasteiger partial charge in [0, 0.05) is 0 Å². The summed E-state index contributed by atoms with van der Waals surface area (Å²) in [6.07, 6.45) is -0.816. The van der Waals surface area contributed by atoms with Gasteiger partial charge in [-0.25, -0.2) is 0 Å². The number of thioether (sulfide) groups is 1. The highest BCUT2D eigenvalue weighted by Crippen LogP contribution is 2.49. The number of aliphatic hydroxyl groups excluding tert-OH is 1. The van der Waals surface area contributed by atoms with Gasteiger partial charge < -0.3 is 20.6 Å². The zero-order chi connectivity index (χ0) is 15.9. The van der Waals surface area contributed by atoms with Crippen molar-refractivity contribution in [3.05, 3.63) is 30.3 Å². The lowest BCUT2D eigenvalue weighted by Crippen LogP contribution is -2.69. The van der Waals surface area contributed by atoms with Crippen molar-refractivity contribution in [3.8, 4) is 5.75 Å². The minimum Gasteiger partial charge on any atom is -0.484 e. The van der Waals surface area contributed by atoms with Crippen LogP contribution in [0.25, 0.3) is 0 Å². The van der Waals surface area contributed by atoms with Crippen molar-refractivity contribution >= 4 is 23.6 Å². The van der Waals surface area contributed by atoms with Crippen LogP contribution in [-0.4, -0.2) is 56.3 Å². The highest BCUT2D eigenvalue weighted by Gasteiger charge is 2.61. The molecular weight excluding hydrogens is 320 g/mol. The number of aliphatic hydroxyl groups is 1. The predicted molar refractivity (Wildman–Crippen MR) is 85.8 cm³/mol. The molecule has 2 unspecified atom stereocenters. The molecule has 1 aromatic carbocycles. The summed E-state index contributed by atoms with van der Waals surface area (Å²) in [6.45, 7) is 3.62. The van der Waals surface area contributed by atoms with Gasteiger partial charge in [0.15, 0.2) is 6.61 Å². The van der Waals surface area contributed by atoms with Crippen molar-refractivity contribution in [2.45, 2.75) is 36.2 Å². The maximum absolute atomic E-state index is 12.0. The van der Waals surface area contributed by atoms with Gasteiger partial charge in [0.05, 0.1) is 4.75 Å². The third-order valence-corrected chi connectivity index (χ3v) is 5.38. The largest absolute Gasteiger partial charge is 0.484 e. The highest BCUT2D eigenvalue weighted by molar-refractivity contribution is 8.01. The van der Waals surface area contributed by atoms with Crippen molar-refractivity contribution in [1.29, 1.82) is 0 Å². The zero-order valence-corrected chi connectivity index (χ0v) is 13.7. The minimum atomic E-state index is -0.816. The Morgan fingerprint density at radius 3 is 2.70 bits per heavy atom. The molecule has 126 valence electrons. The zero-order valence-electron chi connectivity index (χ0n) is 12.9. The lowest BCUT2D eigenvalue weighted by Gasteiger charge is -2.43. The Labute approximate surface area is 138 Å². The number of fused-ring (bicyclic) bond motifs is 1. The van der Waals surface area contributed by atoms with E-state index in [0.717, 1.165) is 0 Å². The summed E-state index contributed by atoms with van der Waals surface area (Å²) in [6, 6.07) is 8.43. The van der Waals surface area contributed by atoms with E-state index in [1.807, 2.05) is 32.0 Å². The van der Waals surface area contributed by atoms with Crippen LogP contribution in [-0.2, 0) is 9.59 Å². The first-order valence-corrected chi connectivity index (χ1v) is 7.93. The van der Waals surface area contributed by atoms with E-state index in [1.165, 1.54) is 16.7 Å². The van der Waals surface area contributed by atoms with E-state index in [1.54, 1.807) is 12.1 Å². The minimum absolute atomic E-state index is 0. The van der Waals surface area contributed by atoms with E-state index in [2.05, 4.69) is 5.32 Å². The van der Waals surface area contributed by atoms with E-state index in [0.29, 0.717) is 5.75 Å². The molecule has 0 bridgehead atoms. The number of benzene rings is 1. The topological polar surface area (TPSA) is 110 Å². The van der Waals surface area contributed by atoms with Crippen molar-refractivity contribution in [1.82, 2.24) is 10.2 Å². The molecule has 2 saturated heterocycles. The first-order valence-electron chi connectivity index (χ1n) is 7.05. The normalized spacial score (nSPS) is 27.5. The fourth-order valence-electron chi connectivity index (χ4n) is 2.59. The van der Waals surface area contributed by atoms with E-state index in [4.69, 9.17) is 4.74 Å². The number of para-hydroxylation sites is 1. The number of hydrogen-bond acceptors (Lipinski definition) is 5. The lowest BCUT2D eigenvalue weighted by atomic mass is 10.0. The van der Waals surface area contributed by atoms with Gasteiger partial charge in [0.1, 0.15) is 23.4 Å². The van der Waals surface area contributed by atoms with Gasteiger partial charge in [-0.3, -0.25) is 14.5 Å². The summed E-state index contributed by atoms with van der Waals surface area (Å²) in [7, 11) is 0. The number of carbonyl (C=O) groups excluding carboxylic acids is 2. The van der Waals surface area contributed by atoms with Crippen LogP contribution in [0.1, 0.15) is 13.8 Å². The Morgan fingerprint density at radius 1 is 1.39 bits per heavy atom. The van der Waals surface area contributed by atoms with Crippen molar-refractivity contribution in [3.63, 3.8) is 0 Å². The summed E-state index contributed by atoms with van der Waals surface area (Å²) in [5, 5.41) is 12.5. The number of rotatable bonds is 4. The highest BCUT2D eigenvalue weighted by atomic mass is 32.2. The summed E-state index contributed by atoms with van der Waals surface area (Å²) in [5.41, 5.74) is 0. The number of β-lactam (4-membered cyclic amide) rings is 1. The number of hydrogen-bond donors (Lipinski definition) is 2. The van der Waals surface area contributed by atoms with E-state index in [9.17, 15) is 14.7 Å². The molecule has 0 spiro atoms. The third kappa shape index (κ3) is 3.15. The van der Waals surface area contributed by atoms with Crippen molar-refractivity contribution in [2.24, 2.45) is 0 Å². The molecule has 4 N–H and O–H groups in total. The molecule has 8 heteroatoms. The lowest BCUT2D eigenvalue weighted by molar-refractivity contribution is -0.162. The Bertz CT molecular complexity index is 595. The van der Waals surface area contributed by atoms with E-state index >= 15 is 0 Å². The van der Waals surface area contributed by atoms with Crippen LogP contribution in [0, 0.1) is 0 Å². The summed E-state index contributed by atoms with van der Waals surface area (Å²) in [4.78, 5) is 25.4. The third-order valence-electron chi connectivity index (χ3n) is 3.82. The number of nitrogens with one attached hydrogen (secondary N) is 1. The molecule has 2 amide bonds. The quantitative estimate of drug-likeness (QED) is 0.734.